The van der Waals surface area contributed by atoms with Crippen molar-refractivity contribution in [1.82, 2.24) is 9.97 Å². The molecule has 0 aliphatic rings. The van der Waals surface area contributed by atoms with Gasteiger partial charge in [-0.15, -0.1) is 11.3 Å². The number of nitrogens with one attached hydrogen (secondary N) is 1. The molecular weight excluding hydrogens is 357 g/mol. The van der Waals surface area contributed by atoms with Gasteiger partial charge in [-0.3, -0.25) is 0 Å². The number of fused-ring (bicyclic) bond motifs is 1. The second-order valence-corrected chi connectivity index (χ2v) is 5.95. The highest BCUT2D eigenvalue weighted by atomic mass is 79.9. The van der Waals surface area contributed by atoms with E-state index in [2.05, 4.69) is 31.2 Å². The van der Waals surface area contributed by atoms with E-state index in [4.69, 9.17) is 4.74 Å². The van der Waals surface area contributed by atoms with Crippen LogP contribution in [0.4, 0.5) is 10.3 Å². The maximum Gasteiger partial charge on any atom is 0.232 e. The van der Waals surface area contributed by atoms with Gasteiger partial charge in [0.2, 0.25) is 11.8 Å². The largest absolute Gasteiger partial charge is 0.437 e. The van der Waals surface area contributed by atoms with Crippen LogP contribution in [0.25, 0.3) is 10.2 Å². The Morgan fingerprint density at radius 1 is 1.33 bits per heavy atom. The molecule has 0 saturated heterocycles. The van der Waals surface area contributed by atoms with Crippen LogP contribution in [-0.4, -0.2) is 16.5 Å². The van der Waals surface area contributed by atoms with Gasteiger partial charge in [-0.1, -0.05) is 0 Å². The van der Waals surface area contributed by atoms with Gasteiger partial charge < -0.3 is 10.1 Å². The first-order chi connectivity index (χ1) is 10.2. The number of thiophene rings is 1. The zero-order valence-corrected chi connectivity index (χ0v) is 13.5. The molecule has 0 aliphatic heterocycles. The van der Waals surface area contributed by atoms with Crippen molar-refractivity contribution in [3.8, 4) is 11.6 Å². The number of hydrogen-bond donors (Lipinski definition) is 1. The lowest BCUT2D eigenvalue weighted by atomic mass is 10.3. The van der Waals surface area contributed by atoms with E-state index in [1.165, 1.54) is 23.5 Å². The third kappa shape index (κ3) is 2.98. The summed E-state index contributed by atoms with van der Waals surface area (Å²) < 4.78 is 19.5. The Kier molecular flexibility index (Phi) is 4.03. The normalized spacial score (nSPS) is 10.8. The third-order valence-electron chi connectivity index (χ3n) is 2.73. The van der Waals surface area contributed by atoms with E-state index >= 15 is 0 Å². The van der Waals surface area contributed by atoms with Gasteiger partial charge in [0.1, 0.15) is 16.4 Å². The van der Waals surface area contributed by atoms with Gasteiger partial charge in [0.05, 0.1) is 9.86 Å². The predicted octanol–water partition coefficient (Wildman–Crippen LogP) is 4.82. The summed E-state index contributed by atoms with van der Waals surface area (Å²) in [7, 11) is 0. The average molecular weight is 368 g/mol. The summed E-state index contributed by atoms with van der Waals surface area (Å²) in [5.41, 5.74) is 0. The van der Waals surface area contributed by atoms with Crippen LogP contribution in [-0.2, 0) is 0 Å². The molecule has 0 atom stereocenters. The summed E-state index contributed by atoms with van der Waals surface area (Å²) in [4.78, 5) is 9.62. The fourth-order valence-electron chi connectivity index (χ4n) is 1.81. The molecule has 0 spiro atoms. The van der Waals surface area contributed by atoms with Crippen LogP contribution in [0.5, 0.6) is 11.6 Å². The zero-order chi connectivity index (χ0) is 14.8. The maximum atomic E-state index is 13.1. The quantitative estimate of drug-likeness (QED) is 0.718. The minimum atomic E-state index is -0.328. The molecule has 0 saturated carbocycles. The molecule has 1 N–H and O–H groups in total. The topological polar surface area (TPSA) is 47.0 Å². The van der Waals surface area contributed by atoms with E-state index in [1.807, 2.05) is 18.4 Å². The van der Waals surface area contributed by atoms with Gasteiger partial charge in [0.25, 0.3) is 0 Å². The molecule has 21 heavy (non-hydrogen) atoms. The first-order valence-electron chi connectivity index (χ1n) is 6.29. The number of aromatic nitrogens is 2. The van der Waals surface area contributed by atoms with Crippen LogP contribution in [0.1, 0.15) is 6.92 Å². The highest BCUT2D eigenvalue weighted by molar-refractivity contribution is 9.10. The molecule has 1 aromatic carbocycles. The van der Waals surface area contributed by atoms with Crippen LogP contribution in [0.15, 0.2) is 34.1 Å². The number of rotatable bonds is 4. The predicted molar refractivity (Wildman–Crippen MR) is 85.8 cm³/mol. The molecule has 0 fully saturated rings. The molecule has 0 aliphatic carbocycles. The van der Waals surface area contributed by atoms with Gasteiger partial charge >= 0.3 is 0 Å². The molecular formula is C14H11BrFN3OS. The van der Waals surface area contributed by atoms with Crippen LogP contribution >= 0.6 is 27.3 Å². The Morgan fingerprint density at radius 3 is 2.95 bits per heavy atom. The molecule has 7 heteroatoms. The van der Waals surface area contributed by atoms with Crippen molar-refractivity contribution in [2.75, 3.05) is 11.9 Å². The molecule has 2 aromatic heterocycles. The Balaban J connectivity index is 2.04. The Labute approximate surface area is 133 Å². The standard InChI is InChI=1S/C14H11BrFN3OS/c1-2-17-14-18-12(9-5-6-21-13(9)19-14)20-11-4-3-8(16)7-10(11)15/h3-7H,2H2,1H3,(H,17,18,19). The van der Waals surface area contributed by atoms with Crippen molar-refractivity contribution in [2.45, 2.75) is 6.92 Å². The molecule has 0 unspecified atom stereocenters. The minimum absolute atomic E-state index is 0.328. The average Bonchev–Trinajstić information content (AvgIpc) is 2.91. The number of ether oxygens (including phenoxy) is 1. The number of hydrogen-bond acceptors (Lipinski definition) is 5. The number of benzene rings is 1. The molecule has 108 valence electrons. The molecule has 2 heterocycles. The molecule has 3 aromatic rings. The first-order valence-corrected chi connectivity index (χ1v) is 7.96. The van der Waals surface area contributed by atoms with Crippen molar-refractivity contribution >= 4 is 43.4 Å². The smallest absolute Gasteiger partial charge is 0.232 e. The summed E-state index contributed by atoms with van der Waals surface area (Å²) in [6.45, 7) is 2.69. The number of nitrogens with zero attached hydrogens (tertiary/aromatic N) is 2. The van der Waals surface area contributed by atoms with Crippen molar-refractivity contribution in [3.63, 3.8) is 0 Å². The molecule has 4 nitrogen and oxygen atoms in total. The van der Waals surface area contributed by atoms with Crippen molar-refractivity contribution in [3.05, 3.63) is 39.9 Å². The van der Waals surface area contributed by atoms with Crippen molar-refractivity contribution < 1.29 is 9.13 Å². The third-order valence-corrected chi connectivity index (χ3v) is 4.15. The van der Waals surface area contributed by atoms with Gasteiger partial charge in [-0.25, -0.2) is 9.37 Å². The second kappa shape index (κ2) is 5.95. The Morgan fingerprint density at radius 2 is 2.19 bits per heavy atom. The second-order valence-electron chi connectivity index (χ2n) is 4.20. The SMILES string of the molecule is CCNc1nc(Oc2ccc(F)cc2Br)c2ccsc2n1. The van der Waals surface area contributed by atoms with Gasteiger partial charge in [0.15, 0.2) is 0 Å². The zero-order valence-electron chi connectivity index (χ0n) is 11.1. The summed E-state index contributed by atoms with van der Waals surface area (Å²) in [6, 6.07) is 6.17. The number of halogens is 2. The Hall–Kier alpha value is -1.73. The van der Waals surface area contributed by atoms with Gasteiger partial charge in [-0.2, -0.15) is 4.98 Å². The fraction of sp³-hybridized carbons (Fsp3) is 0.143. The van der Waals surface area contributed by atoms with Crippen LogP contribution in [0, 0.1) is 5.82 Å². The van der Waals surface area contributed by atoms with E-state index in [1.54, 1.807) is 6.07 Å². The van der Waals surface area contributed by atoms with E-state index in [0.717, 1.165) is 16.8 Å². The van der Waals surface area contributed by atoms with E-state index in [0.29, 0.717) is 22.1 Å². The van der Waals surface area contributed by atoms with Gasteiger partial charge in [0, 0.05) is 6.54 Å². The molecule has 0 bridgehead atoms. The summed E-state index contributed by atoms with van der Waals surface area (Å²) in [5.74, 6) is 1.14. The monoisotopic (exact) mass is 367 g/mol. The van der Waals surface area contributed by atoms with Gasteiger partial charge in [-0.05, 0) is 52.5 Å². The maximum absolute atomic E-state index is 13.1. The van der Waals surface area contributed by atoms with Crippen molar-refractivity contribution in [2.24, 2.45) is 0 Å². The van der Waals surface area contributed by atoms with E-state index in [9.17, 15) is 4.39 Å². The fourth-order valence-corrected chi connectivity index (χ4v) is 2.99. The highest BCUT2D eigenvalue weighted by Gasteiger charge is 2.12. The lowest BCUT2D eigenvalue weighted by Crippen LogP contribution is -2.03. The molecule has 0 amide bonds. The molecule has 0 radical (unpaired) electrons. The highest BCUT2D eigenvalue weighted by Crippen LogP contribution is 2.34. The van der Waals surface area contributed by atoms with E-state index in [-0.39, 0.29) is 5.82 Å². The molecule has 3 rings (SSSR count). The summed E-state index contributed by atoms with van der Waals surface area (Å²) in [5, 5.41) is 5.84. The summed E-state index contributed by atoms with van der Waals surface area (Å²) in [6.07, 6.45) is 0. The van der Waals surface area contributed by atoms with Crippen molar-refractivity contribution in [1.29, 1.82) is 0 Å². The minimum Gasteiger partial charge on any atom is -0.437 e. The lowest BCUT2D eigenvalue weighted by molar-refractivity contribution is 0.464. The number of anilines is 1. The lowest BCUT2D eigenvalue weighted by Gasteiger charge is -2.09. The van der Waals surface area contributed by atoms with Crippen LogP contribution in [0.3, 0.4) is 0 Å². The van der Waals surface area contributed by atoms with Crippen LogP contribution in [0.2, 0.25) is 0 Å². The first kappa shape index (κ1) is 14.2. The van der Waals surface area contributed by atoms with E-state index < -0.39 is 0 Å². The van der Waals surface area contributed by atoms with Crippen LogP contribution < -0.4 is 10.1 Å². The Bertz CT molecular complexity index is 793. The summed E-state index contributed by atoms with van der Waals surface area (Å²) >= 11 is 4.80.